The van der Waals surface area contributed by atoms with E-state index in [2.05, 4.69) is 5.32 Å². The van der Waals surface area contributed by atoms with Crippen LogP contribution in [0.5, 0.6) is 5.75 Å². The summed E-state index contributed by atoms with van der Waals surface area (Å²) in [6, 6.07) is 12.3. The van der Waals surface area contributed by atoms with Crippen molar-refractivity contribution in [1.29, 1.82) is 5.26 Å². The number of carboxylic acid groups (broad SMARTS) is 1. The standard InChI is InChI=1S/C18H13ClN2O4/c1-25-16-7-4-14(19)9-12(16)8-13(10-20)17(22)21-15-5-2-11(3-6-15)18(23)24/h2-9H,1H3,(H,21,22)(H,23,24)/b13-8+. The number of nitrogens with one attached hydrogen (secondary N) is 1. The van der Waals surface area contributed by atoms with Gasteiger partial charge in [-0.3, -0.25) is 4.79 Å². The highest BCUT2D eigenvalue weighted by molar-refractivity contribution is 6.30. The number of aromatic carboxylic acids is 1. The zero-order valence-electron chi connectivity index (χ0n) is 13.1. The largest absolute Gasteiger partial charge is 0.496 e. The molecule has 0 saturated heterocycles. The Bertz CT molecular complexity index is 883. The fourth-order valence-corrected chi connectivity index (χ4v) is 2.20. The number of benzene rings is 2. The molecule has 2 rings (SSSR count). The number of nitrogens with zero attached hydrogens (tertiary/aromatic N) is 1. The summed E-state index contributed by atoms with van der Waals surface area (Å²) >= 11 is 5.93. The van der Waals surface area contributed by atoms with Crippen molar-refractivity contribution in [2.45, 2.75) is 0 Å². The molecule has 0 aromatic heterocycles. The third-order valence-corrected chi connectivity index (χ3v) is 3.48. The Kier molecular flexibility index (Phi) is 5.77. The number of carbonyl (C=O) groups is 2. The highest BCUT2D eigenvalue weighted by atomic mass is 35.5. The van der Waals surface area contributed by atoms with Gasteiger partial charge in [0, 0.05) is 16.3 Å². The van der Waals surface area contributed by atoms with Crippen LogP contribution in [-0.2, 0) is 4.79 Å². The molecule has 0 aliphatic carbocycles. The average Bonchev–Trinajstić information content (AvgIpc) is 2.60. The van der Waals surface area contributed by atoms with Crippen LogP contribution in [0.25, 0.3) is 6.08 Å². The van der Waals surface area contributed by atoms with Crippen LogP contribution in [0, 0.1) is 11.3 Å². The van der Waals surface area contributed by atoms with Gasteiger partial charge in [-0.25, -0.2) is 4.79 Å². The first kappa shape index (κ1) is 18.0. The Hall–Kier alpha value is -3.30. The van der Waals surface area contributed by atoms with Gasteiger partial charge < -0.3 is 15.2 Å². The SMILES string of the molecule is COc1ccc(Cl)cc1/C=C(\C#N)C(=O)Nc1ccc(C(=O)O)cc1. The summed E-state index contributed by atoms with van der Waals surface area (Å²) in [5.74, 6) is -1.23. The number of methoxy groups -OCH3 is 1. The van der Waals surface area contributed by atoms with E-state index in [1.807, 2.05) is 6.07 Å². The molecule has 7 heteroatoms. The second-order valence-electron chi connectivity index (χ2n) is 4.89. The molecule has 2 aromatic rings. The fourth-order valence-electron chi connectivity index (χ4n) is 2.02. The van der Waals surface area contributed by atoms with E-state index in [-0.39, 0.29) is 11.1 Å². The number of hydrogen-bond acceptors (Lipinski definition) is 4. The topological polar surface area (TPSA) is 99.4 Å². The molecule has 0 saturated carbocycles. The first-order valence-electron chi connectivity index (χ1n) is 7.04. The molecule has 0 spiro atoms. The number of rotatable bonds is 5. The summed E-state index contributed by atoms with van der Waals surface area (Å²) < 4.78 is 5.18. The van der Waals surface area contributed by atoms with Gasteiger partial charge in [0.05, 0.1) is 12.7 Å². The van der Waals surface area contributed by atoms with E-state index >= 15 is 0 Å². The van der Waals surface area contributed by atoms with E-state index in [0.717, 1.165) is 0 Å². The van der Waals surface area contributed by atoms with Gasteiger partial charge in [-0.1, -0.05) is 11.6 Å². The molecule has 0 radical (unpaired) electrons. The van der Waals surface area contributed by atoms with Crippen molar-refractivity contribution in [3.63, 3.8) is 0 Å². The minimum Gasteiger partial charge on any atom is -0.496 e. The second-order valence-corrected chi connectivity index (χ2v) is 5.33. The molecule has 25 heavy (non-hydrogen) atoms. The van der Waals surface area contributed by atoms with E-state index in [1.165, 1.54) is 37.5 Å². The zero-order valence-corrected chi connectivity index (χ0v) is 13.9. The lowest BCUT2D eigenvalue weighted by molar-refractivity contribution is -0.112. The van der Waals surface area contributed by atoms with Crippen molar-refractivity contribution >= 4 is 35.2 Å². The molecule has 6 nitrogen and oxygen atoms in total. The van der Waals surface area contributed by atoms with Gasteiger partial charge >= 0.3 is 5.97 Å². The molecule has 1 amide bonds. The molecule has 0 heterocycles. The zero-order chi connectivity index (χ0) is 18.4. The number of halogens is 1. The fraction of sp³-hybridized carbons (Fsp3) is 0.0556. The number of ether oxygens (including phenoxy) is 1. The molecule has 2 aromatic carbocycles. The predicted octanol–water partition coefficient (Wildman–Crippen LogP) is 3.59. The number of hydrogen-bond donors (Lipinski definition) is 2. The quantitative estimate of drug-likeness (QED) is 0.630. The van der Waals surface area contributed by atoms with Crippen LogP contribution in [0.1, 0.15) is 15.9 Å². The lowest BCUT2D eigenvalue weighted by atomic mass is 10.1. The van der Waals surface area contributed by atoms with Crippen molar-refractivity contribution in [3.8, 4) is 11.8 Å². The van der Waals surface area contributed by atoms with Gasteiger partial charge in [-0.15, -0.1) is 0 Å². The van der Waals surface area contributed by atoms with E-state index in [9.17, 15) is 14.9 Å². The Labute approximate surface area is 148 Å². The normalized spacial score (nSPS) is 10.7. The van der Waals surface area contributed by atoms with E-state index in [4.69, 9.17) is 21.4 Å². The summed E-state index contributed by atoms with van der Waals surface area (Å²) in [7, 11) is 1.47. The van der Waals surface area contributed by atoms with Crippen molar-refractivity contribution < 1.29 is 19.4 Å². The van der Waals surface area contributed by atoms with Crippen LogP contribution in [-0.4, -0.2) is 24.1 Å². The summed E-state index contributed by atoms with van der Waals surface area (Å²) in [4.78, 5) is 23.1. The summed E-state index contributed by atoms with van der Waals surface area (Å²) in [6.07, 6.45) is 1.37. The molecule has 126 valence electrons. The molecule has 0 aliphatic rings. The van der Waals surface area contributed by atoms with Crippen LogP contribution >= 0.6 is 11.6 Å². The van der Waals surface area contributed by atoms with E-state index < -0.39 is 11.9 Å². The van der Waals surface area contributed by atoms with Crippen LogP contribution in [0.3, 0.4) is 0 Å². The molecular weight excluding hydrogens is 344 g/mol. The predicted molar refractivity (Wildman–Crippen MR) is 93.6 cm³/mol. The lowest BCUT2D eigenvalue weighted by Gasteiger charge is -2.07. The Morgan fingerprint density at radius 2 is 1.92 bits per heavy atom. The van der Waals surface area contributed by atoms with Crippen molar-refractivity contribution in [3.05, 3.63) is 64.2 Å². The molecule has 0 atom stereocenters. The molecule has 0 unspecified atom stereocenters. The number of carbonyl (C=O) groups excluding carboxylic acids is 1. The van der Waals surface area contributed by atoms with Crippen molar-refractivity contribution in [2.24, 2.45) is 0 Å². The Morgan fingerprint density at radius 3 is 2.48 bits per heavy atom. The van der Waals surface area contributed by atoms with Crippen molar-refractivity contribution in [2.75, 3.05) is 12.4 Å². The van der Waals surface area contributed by atoms with Crippen molar-refractivity contribution in [1.82, 2.24) is 0 Å². The van der Waals surface area contributed by atoms with E-state index in [1.54, 1.807) is 18.2 Å². The van der Waals surface area contributed by atoms with Gasteiger partial charge in [0.15, 0.2) is 0 Å². The number of amides is 1. The highest BCUT2D eigenvalue weighted by Crippen LogP contribution is 2.25. The maximum Gasteiger partial charge on any atom is 0.335 e. The average molecular weight is 357 g/mol. The minimum absolute atomic E-state index is 0.0951. The molecular formula is C18H13ClN2O4. The highest BCUT2D eigenvalue weighted by Gasteiger charge is 2.12. The first-order chi connectivity index (χ1) is 11.9. The van der Waals surface area contributed by atoms with Crippen LogP contribution in [0.2, 0.25) is 5.02 Å². The third kappa shape index (κ3) is 4.59. The summed E-state index contributed by atoms with van der Waals surface area (Å²) in [5.41, 5.74) is 0.803. The van der Waals surface area contributed by atoms with Crippen LogP contribution in [0.4, 0.5) is 5.69 Å². The van der Waals surface area contributed by atoms with Gasteiger partial charge in [0.25, 0.3) is 5.91 Å². The number of carboxylic acids is 1. The maximum absolute atomic E-state index is 12.3. The van der Waals surface area contributed by atoms with Gasteiger partial charge in [-0.2, -0.15) is 5.26 Å². The summed E-state index contributed by atoms with van der Waals surface area (Å²) in [6.45, 7) is 0. The molecule has 0 aliphatic heterocycles. The molecule has 0 fully saturated rings. The first-order valence-corrected chi connectivity index (χ1v) is 7.42. The van der Waals surface area contributed by atoms with Gasteiger partial charge in [-0.05, 0) is 48.5 Å². The minimum atomic E-state index is -1.07. The van der Waals surface area contributed by atoms with Crippen LogP contribution < -0.4 is 10.1 Å². The van der Waals surface area contributed by atoms with Gasteiger partial charge in [0.2, 0.25) is 0 Å². The Balaban J connectivity index is 2.25. The van der Waals surface area contributed by atoms with Crippen LogP contribution in [0.15, 0.2) is 48.0 Å². The lowest BCUT2D eigenvalue weighted by Crippen LogP contribution is -2.13. The Morgan fingerprint density at radius 1 is 1.24 bits per heavy atom. The monoisotopic (exact) mass is 356 g/mol. The van der Waals surface area contributed by atoms with Gasteiger partial charge in [0.1, 0.15) is 17.4 Å². The number of anilines is 1. The molecule has 0 bridgehead atoms. The molecule has 2 N–H and O–H groups in total. The second kappa shape index (κ2) is 7.99. The number of nitriles is 1. The third-order valence-electron chi connectivity index (χ3n) is 3.25. The van der Waals surface area contributed by atoms with E-state index in [0.29, 0.717) is 22.0 Å². The maximum atomic E-state index is 12.3. The summed E-state index contributed by atoms with van der Waals surface area (Å²) in [5, 5.41) is 21.1. The smallest absolute Gasteiger partial charge is 0.335 e.